The van der Waals surface area contributed by atoms with Crippen molar-refractivity contribution in [3.05, 3.63) is 12.7 Å². The van der Waals surface area contributed by atoms with E-state index in [2.05, 4.69) is 20.4 Å². The highest BCUT2D eigenvalue weighted by Gasteiger charge is 2.41. The van der Waals surface area contributed by atoms with E-state index < -0.39 is 0 Å². The molecule has 0 radical (unpaired) electrons. The largest absolute Gasteiger partial charge is 0.460 e. The summed E-state index contributed by atoms with van der Waals surface area (Å²) in [5.74, 6) is 2.53. The highest BCUT2D eigenvalue weighted by molar-refractivity contribution is 5.37. The fraction of sp³-hybridized carbons (Fsp3) is 0.727. The first-order valence-electron chi connectivity index (χ1n) is 4.92. The highest BCUT2D eigenvalue weighted by atomic mass is 16.5. The summed E-state index contributed by atoms with van der Waals surface area (Å²) in [6.07, 6.45) is 3.68. The summed E-state index contributed by atoms with van der Waals surface area (Å²) in [6.45, 7) is 8.69. The van der Waals surface area contributed by atoms with Crippen molar-refractivity contribution in [2.45, 2.75) is 32.8 Å². The second-order valence-corrected chi connectivity index (χ2v) is 3.97. The zero-order chi connectivity index (χ0) is 9.84. The van der Waals surface area contributed by atoms with Crippen molar-refractivity contribution in [1.82, 2.24) is 0 Å². The van der Waals surface area contributed by atoms with Crippen molar-refractivity contribution in [1.29, 1.82) is 0 Å². The third kappa shape index (κ3) is 2.58. The van der Waals surface area contributed by atoms with Gasteiger partial charge in [-0.25, -0.2) is 0 Å². The van der Waals surface area contributed by atoms with Gasteiger partial charge in [-0.2, -0.15) is 0 Å². The molecule has 0 N–H and O–H groups in total. The second-order valence-electron chi connectivity index (χ2n) is 3.97. The van der Waals surface area contributed by atoms with E-state index in [0.717, 1.165) is 30.6 Å². The van der Waals surface area contributed by atoms with Crippen LogP contribution in [0, 0.1) is 17.8 Å². The van der Waals surface area contributed by atoms with Gasteiger partial charge in [0, 0.05) is 0 Å². The van der Waals surface area contributed by atoms with Gasteiger partial charge in [0.1, 0.15) is 6.10 Å². The Kier molecular flexibility index (Phi) is 3.52. The van der Waals surface area contributed by atoms with Gasteiger partial charge >= 0.3 is 0 Å². The van der Waals surface area contributed by atoms with Crippen molar-refractivity contribution >= 4 is 6.47 Å². The minimum absolute atomic E-state index is 0.0856. The summed E-state index contributed by atoms with van der Waals surface area (Å²) in [4.78, 5) is 10.1. The van der Waals surface area contributed by atoms with Gasteiger partial charge in [-0.15, -0.1) is 0 Å². The van der Waals surface area contributed by atoms with Gasteiger partial charge < -0.3 is 4.74 Å². The van der Waals surface area contributed by atoms with Crippen LogP contribution < -0.4 is 0 Å². The maximum Gasteiger partial charge on any atom is 0.293 e. The Bertz CT molecular complexity index is 181. The van der Waals surface area contributed by atoms with Gasteiger partial charge in [-0.05, 0) is 30.6 Å². The number of hydrogen-bond donors (Lipinski definition) is 0. The molecule has 2 heteroatoms. The minimum atomic E-state index is -0.0856. The van der Waals surface area contributed by atoms with E-state index in [1.54, 1.807) is 6.08 Å². The van der Waals surface area contributed by atoms with E-state index >= 15 is 0 Å². The maximum atomic E-state index is 10.1. The Labute approximate surface area is 80.0 Å². The number of hydrogen-bond acceptors (Lipinski definition) is 2. The third-order valence-corrected chi connectivity index (χ3v) is 3.32. The van der Waals surface area contributed by atoms with Crippen LogP contribution in [0.15, 0.2) is 12.7 Å². The quantitative estimate of drug-likeness (QED) is 0.465. The normalized spacial score (nSPS) is 33.5. The molecular formula is C11H18O2. The molecule has 0 saturated heterocycles. The van der Waals surface area contributed by atoms with Crippen LogP contribution in [0.3, 0.4) is 0 Å². The lowest BCUT2D eigenvalue weighted by Crippen LogP contribution is -2.08. The SMILES string of the molecule is C=C[C@H](CCC1C(C)C1C)OC=O. The fourth-order valence-corrected chi connectivity index (χ4v) is 1.96. The van der Waals surface area contributed by atoms with E-state index in [4.69, 9.17) is 4.74 Å². The first-order valence-corrected chi connectivity index (χ1v) is 4.92. The highest BCUT2D eigenvalue weighted by Crippen LogP contribution is 2.48. The number of carbonyl (C=O) groups excluding carboxylic acids is 1. The molecule has 0 aromatic rings. The summed E-state index contributed by atoms with van der Waals surface area (Å²) in [5.41, 5.74) is 0. The maximum absolute atomic E-state index is 10.1. The van der Waals surface area contributed by atoms with Crippen molar-refractivity contribution in [2.75, 3.05) is 0 Å². The van der Waals surface area contributed by atoms with Crippen molar-refractivity contribution < 1.29 is 9.53 Å². The van der Waals surface area contributed by atoms with Crippen LogP contribution in [-0.2, 0) is 9.53 Å². The van der Waals surface area contributed by atoms with Crippen molar-refractivity contribution in [2.24, 2.45) is 17.8 Å². The molecule has 0 spiro atoms. The smallest absolute Gasteiger partial charge is 0.293 e. The lowest BCUT2D eigenvalue weighted by molar-refractivity contribution is -0.131. The molecule has 13 heavy (non-hydrogen) atoms. The minimum Gasteiger partial charge on any atom is -0.460 e. The molecule has 0 amide bonds. The zero-order valence-electron chi connectivity index (χ0n) is 8.40. The van der Waals surface area contributed by atoms with Crippen LogP contribution in [0.2, 0.25) is 0 Å². The Morgan fingerprint density at radius 1 is 1.46 bits per heavy atom. The summed E-state index contributed by atoms with van der Waals surface area (Å²) in [6, 6.07) is 0. The molecule has 1 saturated carbocycles. The molecule has 0 aliphatic heterocycles. The van der Waals surface area contributed by atoms with E-state index in [1.165, 1.54) is 0 Å². The van der Waals surface area contributed by atoms with E-state index in [-0.39, 0.29) is 6.10 Å². The lowest BCUT2D eigenvalue weighted by Gasteiger charge is -2.09. The zero-order valence-corrected chi connectivity index (χ0v) is 8.40. The second kappa shape index (κ2) is 4.45. The Morgan fingerprint density at radius 3 is 2.46 bits per heavy atom. The predicted molar refractivity (Wildman–Crippen MR) is 52.2 cm³/mol. The first-order chi connectivity index (χ1) is 6.20. The van der Waals surface area contributed by atoms with Gasteiger partial charge in [-0.1, -0.05) is 26.5 Å². The molecule has 1 rings (SSSR count). The van der Waals surface area contributed by atoms with Crippen LogP contribution >= 0.6 is 0 Å². The molecule has 2 unspecified atom stereocenters. The van der Waals surface area contributed by atoms with Crippen molar-refractivity contribution in [3.63, 3.8) is 0 Å². The molecule has 0 heterocycles. The van der Waals surface area contributed by atoms with Gasteiger partial charge in [0.25, 0.3) is 6.47 Å². The Morgan fingerprint density at radius 2 is 2.08 bits per heavy atom. The Hall–Kier alpha value is -0.790. The molecule has 3 atom stereocenters. The number of rotatable bonds is 6. The molecule has 0 aromatic heterocycles. The van der Waals surface area contributed by atoms with Crippen LogP contribution in [0.4, 0.5) is 0 Å². The predicted octanol–water partition coefficient (Wildman–Crippen LogP) is 2.40. The topological polar surface area (TPSA) is 26.3 Å². The van der Waals surface area contributed by atoms with E-state index in [9.17, 15) is 4.79 Å². The third-order valence-electron chi connectivity index (χ3n) is 3.32. The first kappa shape index (κ1) is 10.3. The Balaban J connectivity index is 2.17. The molecule has 0 bridgehead atoms. The van der Waals surface area contributed by atoms with Gasteiger partial charge in [0.15, 0.2) is 0 Å². The number of carbonyl (C=O) groups is 1. The average molecular weight is 182 g/mol. The van der Waals surface area contributed by atoms with E-state index in [0.29, 0.717) is 6.47 Å². The number of ether oxygens (including phenoxy) is 1. The standard InChI is InChI=1S/C11H18O2/c1-4-10(13-7-12)5-6-11-8(2)9(11)3/h4,7-11H,1,5-6H2,2-3H3/t8?,9?,10-,11?/m1/s1. The molecule has 0 aromatic carbocycles. The molecule has 74 valence electrons. The van der Waals surface area contributed by atoms with Gasteiger partial charge in [-0.3, -0.25) is 4.79 Å². The lowest BCUT2D eigenvalue weighted by atomic mass is 10.1. The van der Waals surface area contributed by atoms with Crippen LogP contribution in [0.1, 0.15) is 26.7 Å². The summed E-state index contributed by atoms with van der Waals surface area (Å²) in [7, 11) is 0. The van der Waals surface area contributed by atoms with Crippen LogP contribution in [-0.4, -0.2) is 12.6 Å². The van der Waals surface area contributed by atoms with Gasteiger partial charge in [0.05, 0.1) is 0 Å². The molecule has 2 nitrogen and oxygen atoms in total. The molecule has 1 aliphatic carbocycles. The molecule has 1 aliphatic rings. The van der Waals surface area contributed by atoms with E-state index in [1.807, 2.05) is 0 Å². The summed E-state index contributed by atoms with van der Waals surface area (Å²) in [5, 5.41) is 0. The van der Waals surface area contributed by atoms with Crippen LogP contribution in [0.25, 0.3) is 0 Å². The molecule has 1 fully saturated rings. The summed E-state index contributed by atoms with van der Waals surface area (Å²) < 4.78 is 4.84. The van der Waals surface area contributed by atoms with Gasteiger partial charge in [0.2, 0.25) is 0 Å². The fourth-order valence-electron chi connectivity index (χ4n) is 1.96. The average Bonchev–Trinajstić information content (AvgIpc) is 2.69. The van der Waals surface area contributed by atoms with Crippen LogP contribution in [0.5, 0.6) is 0 Å². The monoisotopic (exact) mass is 182 g/mol. The summed E-state index contributed by atoms with van der Waals surface area (Å²) >= 11 is 0. The molecular weight excluding hydrogens is 164 g/mol. The van der Waals surface area contributed by atoms with Crippen molar-refractivity contribution in [3.8, 4) is 0 Å².